The molecule has 0 saturated heterocycles. The second kappa shape index (κ2) is 8.01. The Bertz CT molecular complexity index is 232. The number of nitrogens with zero attached hydrogens (tertiary/aromatic N) is 2. The first-order chi connectivity index (χ1) is 8.41. The predicted octanol–water partition coefficient (Wildman–Crippen LogP) is 4.18. The minimum absolute atomic E-state index is 0.403. The zero-order chi connectivity index (χ0) is 15.5. The molecular formula is C12H29Cl3N2Si2. The molecule has 0 aliphatic carbocycles. The Kier molecular flexibility index (Phi) is 8.53. The summed E-state index contributed by atoms with van der Waals surface area (Å²) in [6.07, 6.45) is 0. The number of hydrogen-bond donors (Lipinski definition) is 0. The van der Waals surface area contributed by atoms with Gasteiger partial charge in [0.15, 0.2) is 0 Å². The Balaban J connectivity index is 5.65. The van der Waals surface area contributed by atoms with Crippen molar-refractivity contribution in [3.63, 3.8) is 0 Å². The molecule has 0 unspecified atom stereocenters. The Morgan fingerprint density at radius 2 is 0.842 bits per heavy atom. The second-order valence-corrected chi connectivity index (χ2v) is 23.8. The van der Waals surface area contributed by atoms with Crippen LogP contribution in [-0.4, -0.2) is 47.5 Å². The third kappa shape index (κ3) is 5.85. The van der Waals surface area contributed by atoms with Crippen molar-refractivity contribution in [2.24, 2.45) is 0 Å². The van der Waals surface area contributed by atoms with Crippen LogP contribution in [0, 0.1) is 0 Å². The quantitative estimate of drug-likeness (QED) is 0.494. The standard InChI is InChI=1S/C12H29Cl3N2Si2/c1-9(2)16(10(3)4)18(19(13,14)15)17(11(5)6)12(7)8/h9-12,18H,1-8H3. The summed E-state index contributed by atoms with van der Waals surface area (Å²) in [6.45, 7) is 17.6. The lowest BCUT2D eigenvalue weighted by Crippen LogP contribution is -2.69. The van der Waals surface area contributed by atoms with E-state index in [-0.39, 0.29) is 0 Å². The largest absolute Gasteiger partial charge is 0.354 e. The van der Waals surface area contributed by atoms with Crippen molar-refractivity contribution < 1.29 is 0 Å². The van der Waals surface area contributed by atoms with E-state index in [0.29, 0.717) is 24.2 Å². The van der Waals surface area contributed by atoms with Crippen LogP contribution in [0.15, 0.2) is 0 Å². The lowest BCUT2D eigenvalue weighted by atomic mass is 10.3. The normalized spacial score (nSPS) is 14.2. The minimum Gasteiger partial charge on any atom is -0.309 e. The van der Waals surface area contributed by atoms with Crippen molar-refractivity contribution in [3.05, 3.63) is 0 Å². The number of halogens is 3. The molecule has 7 heteroatoms. The highest BCUT2D eigenvalue weighted by molar-refractivity contribution is 7.84. The highest BCUT2D eigenvalue weighted by Crippen LogP contribution is 2.31. The Morgan fingerprint density at radius 3 is 0.947 bits per heavy atom. The van der Waals surface area contributed by atoms with Gasteiger partial charge in [0.25, 0.3) is 0 Å². The molecule has 0 aromatic carbocycles. The molecule has 2 nitrogen and oxygen atoms in total. The fourth-order valence-corrected chi connectivity index (χ4v) is 17.7. The molecule has 0 heterocycles. The molecule has 0 atom stereocenters. The van der Waals surface area contributed by atoms with Crippen LogP contribution in [0.5, 0.6) is 0 Å². The SMILES string of the molecule is CC(C)N(C(C)C)[SiH](N(C(C)C)C(C)C)[Si](Cl)(Cl)Cl. The lowest BCUT2D eigenvalue weighted by molar-refractivity contribution is 0.231. The maximum absolute atomic E-state index is 6.51. The average Bonchev–Trinajstić information content (AvgIpc) is 2.12. The van der Waals surface area contributed by atoms with Gasteiger partial charge in [-0.2, -0.15) is 0 Å². The topological polar surface area (TPSA) is 6.48 Å². The number of rotatable bonds is 7. The molecule has 0 aromatic rings. The first-order valence-electron chi connectivity index (χ1n) is 7.02. The van der Waals surface area contributed by atoms with E-state index in [1.165, 1.54) is 0 Å². The number of hydrogen-bond acceptors (Lipinski definition) is 2. The molecule has 0 N–H and O–H groups in total. The van der Waals surface area contributed by atoms with Crippen molar-refractivity contribution in [1.82, 2.24) is 9.13 Å². The molecule has 0 fully saturated rings. The molecule has 0 radical (unpaired) electrons. The zero-order valence-electron chi connectivity index (χ0n) is 13.4. The highest BCUT2D eigenvalue weighted by atomic mass is 35.8. The highest BCUT2D eigenvalue weighted by Gasteiger charge is 2.49. The fourth-order valence-electron chi connectivity index (χ4n) is 2.81. The van der Waals surface area contributed by atoms with Crippen LogP contribution >= 0.6 is 33.2 Å². The minimum atomic E-state index is -2.76. The Hall–Kier alpha value is 1.22. The summed E-state index contributed by atoms with van der Waals surface area (Å²) in [6, 6.07) is 1.61. The van der Waals surface area contributed by atoms with Gasteiger partial charge in [-0.15, -0.1) is 33.2 Å². The van der Waals surface area contributed by atoms with Gasteiger partial charge in [-0.1, -0.05) is 55.4 Å². The summed E-state index contributed by atoms with van der Waals surface area (Å²) in [5, 5.41) is 0. The summed E-state index contributed by atoms with van der Waals surface area (Å²) < 4.78 is 4.94. The third-order valence-corrected chi connectivity index (χ3v) is 16.2. The van der Waals surface area contributed by atoms with Crippen LogP contribution < -0.4 is 0 Å². The average molecular weight is 364 g/mol. The maximum Gasteiger partial charge on any atom is 0.354 e. The van der Waals surface area contributed by atoms with Gasteiger partial charge >= 0.3 is 5.52 Å². The van der Waals surface area contributed by atoms with Crippen LogP contribution in [0.4, 0.5) is 0 Å². The van der Waals surface area contributed by atoms with Crippen molar-refractivity contribution in [2.45, 2.75) is 79.6 Å². The molecule has 0 aromatic heterocycles. The van der Waals surface area contributed by atoms with E-state index in [2.05, 4.69) is 64.5 Å². The van der Waals surface area contributed by atoms with E-state index in [1.54, 1.807) is 0 Å². The van der Waals surface area contributed by atoms with E-state index in [4.69, 9.17) is 33.2 Å². The van der Waals surface area contributed by atoms with Crippen LogP contribution in [0.3, 0.4) is 0 Å². The molecule has 19 heavy (non-hydrogen) atoms. The van der Waals surface area contributed by atoms with Crippen LogP contribution in [0.25, 0.3) is 0 Å². The van der Waals surface area contributed by atoms with Gasteiger partial charge in [-0.25, -0.2) is 0 Å². The first-order valence-corrected chi connectivity index (χ1v) is 14.9. The van der Waals surface area contributed by atoms with Crippen molar-refractivity contribution in [3.8, 4) is 0 Å². The van der Waals surface area contributed by atoms with Crippen LogP contribution in [-0.2, 0) is 0 Å². The van der Waals surface area contributed by atoms with E-state index in [1.807, 2.05) is 0 Å². The Labute approximate surface area is 136 Å². The summed E-state index contributed by atoms with van der Waals surface area (Å²) >= 11 is 19.5. The fraction of sp³-hybridized carbons (Fsp3) is 1.00. The monoisotopic (exact) mass is 362 g/mol. The molecule has 116 valence electrons. The van der Waals surface area contributed by atoms with Crippen molar-refractivity contribution >= 4 is 47.4 Å². The molecule has 0 bridgehead atoms. The van der Waals surface area contributed by atoms with E-state index in [9.17, 15) is 0 Å². The van der Waals surface area contributed by atoms with E-state index >= 15 is 0 Å². The molecular weight excluding hydrogens is 335 g/mol. The van der Waals surface area contributed by atoms with Crippen molar-refractivity contribution in [2.75, 3.05) is 0 Å². The van der Waals surface area contributed by atoms with E-state index in [0.717, 1.165) is 0 Å². The van der Waals surface area contributed by atoms with Gasteiger partial charge in [0.2, 0.25) is 8.64 Å². The van der Waals surface area contributed by atoms with Crippen molar-refractivity contribution in [1.29, 1.82) is 0 Å². The van der Waals surface area contributed by atoms with Gasteiger partial charge < -0.3 is 9.13 Å². The molecule has 0 spiro atoms. The molecule has 0 rings (SSSR count). The molecule has 0 aliphatic heterocycles. The smallest absolute Gasteiger partial charge is 0.309 e. The third-order valence-electron chi connectivity index (χ3n) is 3.24. The maximum atomic E-state index is 6.51. The van der Waals surface area contributed by atoms with Gasteiger partial charge in [-0.05, 0) is 24.2 Å². The summed E-state index contributed by atoms with van der Waals surface area (Å²) in [5.41, 5.74) is -2.76. The van der Waals surface area contributed by atoms with Gasteiger partial charge in [0, 0.05) is 0 Å². The summed E-state index contributed by atoms with van der Waals surface area (Å²) in [5.74, 6) is 0. The van der Waals surface area contributed by atoms with Gasteiger partial charge in [0.05, 0.1) is 0 Å². The van der Waals surface area contributed by atoms with Crippen LogP contribution in [0.1, 0.15) is 55.4 Å². The second-order valence-electron chi connectivity index (χ2n) is 6.18. The zero-order valence-corrected chi connectivity index (χ0v) is 17.8. The van der Waals surface area contributed by atoms with Gasteiger partial charge in [-0.3, -0.25) is 0 Å². The van der Waals surface area contributed by atoms with E-state index < -0.39 is 14.2 Å². The van der Waals surface area contributed by atoms with Gasteiger partial charge in [0.1, 0.15) is 0 Å². The van der Waals surface area contributed by atoms with Crippen LogP contribution in [0.2, 0.25) is 0 Å². The molecule has 0 saturated carbocycles. The first kappa shape index (κ1) is 20.2. The lowest BCUT2D eigenvalue weighted by Gasteiger charge is -2.48. The molecule has 0 amide bonds. The predicted molar refractivity (Wildman–Crippen MR) is 94.7 cm³/mol. The molecule has 0 aliphatic rings. The summed E-state index contributed by atoms with van der Waals surface area (Å²) in [7, 11) is -1.78. The summed E-state index contributed by atoms with van der Waals surface area (Å²) in [4.78, 5) is 0. The Morgan fingerprint density at radius 1 is 0.632 bits per heavy atom.